The molecule has 0 fully saturated rings. The third kappa shape index (κ3) is 7.24. The second-order valence-corrected chi connectivity index (χ2v) is 5.95. The Bertz CT molecular complexity index is 910. The lowest BCUT2D eigenvalue weighted by Gasteiger charge is -2.13. The van der Waals surface area contributed by atoms with Gasteiger partial charge in [-0.1, -0.05) is 136 Å². The summed E-state index contributed by atoms with van der Waals surface area (Å²) in [7, 11) is 0. The number of hydrogen-bond acceptors (Lipinski definition) is 0. The lowest BCUT2D eigenvalue weighted by molar-refractivity contribution is 1.50. The Labute approximate surface area is 193 Å². The summed E-state index contributed by atoms with van der Waals surface area (Å²) in [6.45, 7) is 20.4. The predicted molar refractivity (Wildman–Crippen MR) is 148 cm³/mol. The molecule has 0 aliphatic carbocycles. The van der Waals surface area contributed by atoms with Gasteiger partial charge in [0.1, 0.15) is 0 Å². The summed E-state index contributed by atoms with van der Waals surface area (Å²) in [6.07, 6.45) is 0. The van der Waals surface area contributed by atoms with Gasteiger partial charge in [0, 0.05) is 0 Å². The maximum Gasteiger partial charge on any atom is -0.00990 e. The summed E-state index contributed by atoms with van der Waals surface area (Å²) in [5, 5.41) is 5.34. The molecule has 0 saturated carbocycles. The standard InChI is InChI=1S/C22H18.4C2H6.CH4/c1-15-11-13-21(19-9-5-3-7-17(15)19)22-14-12-16(2)18-8-4-6-10-20(18)22;4*1-2;/h3-14H,1-2H3;4*1-2H3;1H4. The average Bonchev–Trinajstić information content (AvgIpc) is 2.86. The lowest BCUT2D eigenvalue weighted by Crippen LogP contribution is -1.87. The van der Waals surface area contributed by atoms with Crippen LogP contribution in [0.3, 0.4) is 0 Å². The van der Waals surface area contributed by atoms with Crippen molar-refractivity contribution in [2.45, 2.75) is 76.7 Å². The van der Waals surface area contributed by atoms with E-state index in [1.807, 2.05) is 55.4 Å². The second-order valence-electron chi connectivity index (χ2n) is 5.95. The quantitative estimate of drug-likeness (QED) is 0.288. The van der Waals surface area contributed by atoms with E-state index >= 15 is 0 Å². The van der Waals surface area contributed by atoms with Crippen LogP contribution >= 0.6 is 0 Å². The number of fused-ring (bicyclic) bond motifs is 2. The van der Waals surface area contributed by atoms with Gasteiger partial charge in [0.25, 0.3) is 0 Å². The molecule has 4 rings (SSSR count). The third-order valence-electron chi connectivity index (χ3n) is 4.57. The first kappa shape index (κ1) is 30.6. The first-order valence-corrected chi connectivity index (χ1v) is 11.7. The molecule has 0 N–H and O–H groups in total. The fraction of sp³-hybridized carbons (Fsp3) is 0.355. The highest BCUT2D eigenvalue weighted by atomic mass is 14.1. The molecule has 4 aromatic carbocycles. The maximum absolute atomic E-state index is 2.26. The molecular weight excluding hydrogens is 372 g/mol. The zero-order chi connectivity index (χ0) is 23.1. The number of rotatable bonds is 1. The zero-order valence-corrected chi connectivity index (χ0v) is 20.9. The molecule has 0 unspecified atom stereocenters. The van der Waals surface area contributed by atoms with Gasteiger partial charge in [0.05, 0.1) is 0 Å². The van der Waals surface area contributed by atoms with Crippen LogP contribution < -0.4 is 0 Å². The molecule has 0 heteroatoms. The van der Waals surface area contributed by atoms with Crippen LogP contribution in [-0.4, -0.2) is 0 Å². The van der Waals surface area contributed by atoms with Crippen molar-refractivity contribution in [2.24, 2.45) is 0 Å². The van der Waals surface area contributed by atoms with E-state index < -0.39 is 0 Å². The minimum atomic E-state index is 0. The van der Waals surface area contributed by atoms with Gasteiger partial charge in [-0.2, -0.15) is 0 Å². The van der Waals surface area contributed by atoms with Crippen LogP contribution in [0.5, 0.6) is 0 Å². The third-order valence-corrected chi connectivity index (χ3v) is 4.57. The fourth-order valence-corrected chi connectivity index (χ4v) is 3.37. The Morgan fingerprint density at radius 1 is 0.355 bits per heavy atom. The van der Waals surface area contributed by atoms with E-state index in [0.29, 0.717) is 0 Å². The van der Waals surface area contributed by atoms with Gasteiger partial charge < -0.3 is 0 Å². The van der Waals surface area contributed by atoms with E-state index in [2.05, 4.69) is 86.6 Å². The first-order valence-electron chi connectivity index (χ1n) is 11.7. The SMILES string of the molecule is C.CC.CC.CC.CC.Cc1ccc(-c2ccc(C)c3ccccc23)c2ccccc12. The first-order chi connectivity index (χ1) is 14.8. The van der Waals surface area contributed by atoms with Gasteiger partial charge in [-0.3, -0.25) is 0 Å². The van der Waals surface area contributed by atoms with Crippen LogP contribution in [0.15, 0.2) is 72.8 Å². The van der Waals surface area contributed by atoms with Crippen molar-refractivity contribution in [1.82, 2.24) is 0 Å². The Kier molecular flexibility index (Phi) is 16.9. The molecule has 0 radical (unpaired) electrons. The molecule has 0 saturated heterocycles. The molecule has 0 heterocycles. The summed E-state index contributed by atoms with van der Waals surface area (Å²) < 4.78 is 0. The molecule has 0 atom stereocenters. The van der Waals surface area contributed by atoms with Crippen molar-refractivity contribution in [1.29, 1.82) is 0 Å². The van der Waals surface area contributed by atoms with Crippen LogP contribution in [0.2, 0.25) is 0 Å². The summed E-state index contributed by atoms with van der Waals surface area (Å²) in [4.78, 5) is 0. The number of benzene rings is 4. The second kappa shape index (κ2) is 17.1. The van der Waals surface area contributed by atoms with Gasteiger partial charge in [0.15, 0.2) is 0 Å². The molecule has 0 aliphatic rings. The Morgan fingerprint density at radius 2 is 0.613 bits per heavy atom. The molecule has 0 spiro atoms. The van der Waals surface area contributed by atoms with E-state index in [1.165, 1.54) is 43.8 Å². The van der Waals surface area contributed by atoms with E-state index in [4.69, 9.17) is 0 Å². The zero-order valence-electron chi connectivity index (χ0n) is 20.9. The van der Waals surface area contributed by atoms with Crippen LogP contribution in [0.1, 0.15) is 73.9 Å². The van der Waals surface area contributed by atoms with Gasteiger partial charge in [-0.25, -0.2) is 0 Å². The largest absolute Gasteiger partial charge is 0.0776 e. The normalized spacial score (nSPS) is 8.71. The lowest BCUT2D eigenvalue weighted by atomic mass is 9.91. The highest BCUT2D eigenvalue weighted by molar-refractivity contribution is 6.06. The van der Waals surface area contributed by atoms with E-state index in [-0.39, 0.29) is 7.43 Å². The summed E-state index contributed by atoms with van der Waals surface area (Å²) in [5.41, 5.74) is 5.29. The smallest absolute Gasteiger partial charge is 0.00990 e. The Balaban J connectivity index is 0. The molecule has 0 aromatic heterocycles. The maximum atomic E-state index is 2.26. The van der Waals surface area contributed by atoms with Crippen LogP contribution in [-0.2, 0) is 0 Å². The van der Waals surface area contributed by atoms with E-state index in [1.54, 1.807) is 0 Å². The Hall–Kier alpha value is -2.60. The molecule has 170 valence electrons. The molecular formula is C31H46. The van der Waals surface area contributed by atoms with Gasteiger partial charge >= 0.3 is 0 Å². The molecule has 0 bridgehead atoms. The minimum Gasteiger partial charge on any atom is -0.0776 e. The molecule has 0 aliphatic heterocycles. The van der Waals surface area contributed by atoms with Crippen LogP contribution in [0.25, 0.3) is 32.7 Å². The van der Waals surface area contributed by atoms with E-state index in [9.17, 15) is 0 Å². The minimum absolute atomic E-state index is 0. The van der Waals surface area contributed by atoms with Crippen LogP contribution in [0.4, 0.5) is 0 Å². The van der Waals surface area contributed by atoms with Gasteiger partial charge in [0.2, 0.25) is 0 Å². The van der Waals surface area contributed by atoms with Crippen molar-refractivity contribution >= 4 is 21.5 Å². The van der Waals surface area contributed by atoms with Crippen molar-refractivity contribution < 1.29 is 0 Å². The summed E-state index contributed by atoms with van der Waals surface area (Å²) in [5.74, 6) is 0. The van der Waals surface area contributed by atoms with Crippen molar-refractivity contribution in [3.63, 3.8) is 0 Å². The van der Waals surface area contributed by atoms with Crippen molar-refractivity contribution in [3.8, 4) is 11.1 Å². The molecule has 4 aromatic rings. The molecule has 31 heavy (non-hydrogen) atoms. The highest BCUT2D eigenvalue weighted by Crippen LogP contribution is 2.35. The monoisotopic (exact) mass is 418 g/mol. The highest BCUT2D eigenvalue weighted by Gasteiger charge is 2.09. The van der Waals surface area contributed by atoms with Crippen LogP contribution in [0, 0.1) is 13.8 Å². The van der Waals surface area contributed by atoms with E-state index in [0.717, 1.165) is 0 Å². The van der Waals surface area contributed by atoms with Crippen molar-refractivity contribution in [2.75, 3.05) is 0 Å². The fourth-order valence-electron chi connectivity index (χ4n) is 3.37. The van der Waals surface area contributed by atoms with Crippen molar-refractivity contribution in [3.05, 3.63) is 83.9 Å². The summed E-state index contributed by atoms with van der Waals surface area (Å²) in [6, 6.07) is 26.3. The average molecular weight is 419 g/mol. The molecule has 0 amide bonds. The molecule has 0 nitrogen and oxygen atoms in total. The predicted octanol–water partition coefficient (Wildman–Crippen LogP) is 11.0. The van der Waals surface area contributed by atoms with Gasteiger partial charge in [-0.15, -0.1) is 0 Å². The summed E-state index contributed by atoms with van der Waals surface area (Å²) >= 11 is 0. The number of hydrogen-bond donors (Lipinski definition) is 0. The number of aryl methyl sites for hydroxylation is 2. The topological polar surface area (TPSA) is 0 Å². The van der Waals surface area contributed by atoms with Gasteiger partial charge in [-0.05, 0) is 57.6 Å². The Morgan fingerprint density at radius 3 is 0.903 bits per heavy atom.